The summed E-state index contributed by atoms with van der Waals surface area (Å²) in [6.45, 7) is 2.77. The van der Waals surface area contributed by atoms with Crippen molar-refractivity contribution in [1.82, 2.24) is 10.2 Å². The molecule has 82 valence electrons. The summed E-state index contributed by atoms with van der Waals surface area (Å²) in [7, 11) is 3.84. The molecule has 3 nitrogen and oxygen atoms in total. The molecule has 0 aromatic rings. The second-order valence-corrected chi connectivity index (χ2v) is 4.77. The Bertz CT molecular complexity index is 192. The van der Waals surface area contributed by atoms with Gasteiger partial charge < -0.3 is 10.2 Å². The second kappa shape index (κ2) is 5.35. The maximum Gasteiger partial charge on any atom is 0.234 e. The van der Waals surface area contributed by atoms with E-state index < -0.39 is 0 Å². The van der Waals surface area contributed by atoms with Crippen molar-refractivity contribution in [2.75, 3.05) is 20.6 Å². The van der Waals surface area contributed by atoms with Crippen LogP contribution in [0.25, 0.3) is 0 Å². The molecule has 1 saturated carbocycles. The molecule has 0 spiro atoms. The molecule has 1 amide bonds. The largest absolute Gasteiger partial charge is 0.352 e. The minimum Gasteiger partial charge on any atom is -0.352 e. The number of carbonyl (C=O) groups excluding carboxylic acids is 1. The number of nitrogens with one attached hydrogen (secondary N) is 1. The lowest BCUT2D eigenvalue weighted by Gasteiger charge is -2.27. The van der Waals surface area contributed by atoms with Gasteiger partial charge in [0.2, 0.25) is 5.91 Å². The molecule has 0 radical (unpaired) electrons. The maximum absolute atomic E-state index is 11.5. The van der Waals surface area contributed by atoms with Crippen LogP contribution < -0.4 is 5.32 Å². The Kier molecular flexibility index (Phi) is 4.39. The lowest BCUT2D eigenvalue weighted by molar-refractivity contribution is -0.122. The van der Waals surface area contributed by atoms with Crippen molar-refractivity contribution in [1.29, 1.82) is 0 Å². The highest BCUT2D eigenvalue weighted by molar-refractivity contribution is 5.78. The van der Waals surface area contributed by atoms with E-state index in [1.54, 1.807) is 0 Å². The third-order valence-electron chi connectivity index (χ3n) is 2.76. The number of hydrogen-bond acceptors (Lipinski definition) is 2. The summed E-state index contributed by atoms with van der Waals surface area (Å²) in [5.74, 6) is 0.933. The van der Waals surface area contributed by atoms with Crippen LogP contribution in [-0.4, -0.2) is 37.5 Å². The molecule has 1 N–H and O–H groups in total. The van der Waals surface area contributed by atoms with E-state index in [-0.39, 0.29) is 5.91 Å². The number of likely N-dealkylation sites (N-methyl/N-ethyl adjacent to an activating group) is 1. The van der Waals surface area contributed by atoms with Crippen LogP contribution in [0.1, 0.15) is 32.6 Å². The Labute approximate surface area is 86.9 Å². The first-order chi connectivity index (χ1) is 6.58. The SMILES string of the molecule is CC1CCCC(NC(=O)CN(C)C)C1. The standard InChI is InChI=1S/C11H22N2O/c1-9-5-4-6-10(7-9)12-11(14)8-13(2)3/h9-10H,4-8H2,1-3H3,(H,12,14). The number of carbonyl (C=O) groups is 1. The van der Waals surface area contributed by atoms with Crippen LogP contribution in [-0.2, 0) is 4.79 Å². The molecule has 2 unspecified atom stereocenters. The lowest BCUT2D eigenvalue weighted by Crippen LogP contribution is -2.42. The Hall–Kier alpha value is -0.570. The van der Waals surface area contributed by atoms with E-state index in [1.165, 1.54) is 12.8 Å². The van der Waals surface area contributed by atoms with Crippen molar-refractivity contribution in [3.05, 3.63) is 0 Å². The molecule has 0 saturated heterocycles. The number of hydrogen-bond donors (Lipinski definition) is 1. The van der Waals surface area contributed by atoms with E-state index in [4.69, 9.17) is 0 Å². The van der Waals surface area contributed by atoms with Crippen molar-refractivity contribution in [2.45, 2.75) is 38.6 Å². The van der Waals surface area contributed by atoms with Crippen LogP contribution in [0.3, 0.4) is 0 Å². The predicted octanol–water partition coefficient (Wildman–Crippen LogP) is 1.24. The zero-order valence-corrected chi connectivity index (χ0v) is 9.55. The Morgan fingerprint density at radius 2 is 2.14 bits per heavy atom. The number of rotatable bonds is 3. The Morgan fingerprint density at radius 3 is 2.71 bits per heavy atom. The molecular weight excluding hydrogens is 176 g/mol. The fraction of sp³-hybridized carbons (Fsp3) is 0.909. The van der Waals surface area contributed by atoms with Crippen molar-refractivity contribution >= 4 is 5.91 Å². The van der Waals surface area contributed by atoms with E-state index >= 15 is 0 Å². The van der Waals surface area contributed by atoms with Crippen LogP contribution in [0.4, 0.5) is 0 Å². The smallest absolute Gasteiger partial charge is 0.234 e. The summed E-state index contributed by atoms with van der Waals surface area (Å²) in [4.78, 5) is 13.4. The summed E-state index contributed by atoms with van der Waals surface area (Å²) in [5, 5.41) is 3.10. The zero-order chi connectivity index (χ0) is 10.6. The molecular formula is C11H22N2O. The highest BCUT2D eigenvalue weighted by Crippen LogP contribution is 2.23. The highest BCUT2D eigenvalue weighted by atomic mass is 16.2. The van der Waals surface area contributed by atoms with Crippen LogP contribution in [0.5, 0.6) is 0 Å². The summed E-state index contributed by atoms with van der Waals surface area (Å²) >= 11 is 0. The lowest BCUT2D eigenvalue weighted by atomic mass is 9.87. The van der Waals surface area contributed by atoms with Crippen molar-refractivity contribution in [3.8, 4) is 0 Å². The summed E-state index contributed by atoms with van der Waals surface area (Å²) in [6.07, 6.45) is 4.89. The van der Waals surface area contributed by atoms with Gasteiger partial charge in [0.25, 0.3) is 0 Å². The molecule has 1 aliphatic carbocycles. The molecule has 3 heteroatoms. The van der Waals surface area contributed by atoms with Crippen molar-refractivity contribution in [2.24, 2.45) is 5.92 Å². The molecule has 1 rings (SSSR count). The zero-order valence-electron chi connectivity index (χ0n) is 9.55. The third-order valence-corrected chi connectivity index (χ3v) is 2.76. The molecule has 0 aromatic carbocycles. The van der Waals surface area contributed by atoms with Gasteiger partial charge >= 0.3 is 0 Å². The van der Waals surface area contributed by atoms with E-state index in [0.29, 0.717) is 12.6 Å². The van der Waals surface area contributed by atoms with Crippen LogP contribution in [0, 0.1) is 5.92 Å². The van der Waals surface area contributed by atoms with E-state index in [9.17, 15) is 4.79 Å². The number of nitrogens with zero attached hydrogens (tertiary/aromatic N) is 1. The van der Waals surface area contributed by atoms with Gasteiger partial charge in [-0.05, 0) is 32.9 Å². The monoisotopic (exact) mass is 198 g/mol. The van der Waals surface area contributed by atoms with Crippen LogP contribution >= 0.6 is 0 Å². The first-order valence-electron chi connectivity index (χ1n) is 5.52. The molecule has 2 atom stereocenters. The average molecular weight is 198 g/mol. The molecule has 0 bridgehead atoms. The fourth-order valence-electron chi connectivity index (χ4n) is 2.13. The summed E-state index contributed by atoms with van der Waals surface area (Å²) in [6, 6.07) is 0.422. The van der Waals surface area contributed by atoms with Gasteiger partial charge in [0.1, 0.15) is 0 Å². The predicted molar refractivity (Wildman–Crippen MR) is 58.1 cm³/mol. The topological polar surface area (TPSA) is 32.3 Å². The Balaban J connectivity index is 2.25. The first kappa shape index (κ1) is 11.5. The molecule has 0 heterocycles. The van der Waals surface area contributed by atoms with Gasteiger partial charge in [-0.2, -0.15) is 0 Å². The quantitative estimate of drug-likeness (QED) is 0.740. The molecule has 1 aliphatic rings. The maximum atomic E-state index is 11.5. The van der Waals surface area contributed by atoms with Gasteiger partial charge in [0, 0.05) is 6.04 Å². The minimum absolute atomic E-state index is 0.161. The molecule has 1 fully saturated rings. The number of amides is 1. The average Bonchev–Trinajstić information content (AvgIpc) is 2.01. The van der Waals surface area contributed by atoms with Gasteiger partial charge in [0.05, 0.1) is 6.54 Å². The van der Waals surface area contributed by atoms with E-state index in [0.717, 1.165) is 18.8 Å². The van der Waals surface area contributed by atoms with Crippen molar-refractivity contribution < 1.29 is 4.79 Å². The first-order valence-corrected chi connectivity index (χ1v) is 5.52. The summed E-state index contributed by atoms with van der Waals surface area (Å²) < 4.78 is 0. The fourth-order valence-corrected chi connectivity index (χ4v) is 2.13. The minimum atomic E-state index is 0.161. The van der Waals surface area contributed by atoms with Crippen molar-refractivity contribution in [3.63, 3.8) is 0 Å². The van der Waals surface area contributed by atoms with Gasteiger partial charge in [-0.1, -0.05) is 19.8 Å². The molecule has 0 aromatic heterocycles. The normalized spacial score (nSPS) is 27.7. The van der Waals surface area contributed by atoms with E-state index in [2.05, 4.69) is 12.2 Å². The van der Waals surface area contributed by atoms with Gasteiger partial charge in [-0.25, -0.2) is 0 Å². The highest BCUT2D eigenvalue weighted by Gasteiger charge is 2.20. The van der Waals surface area contributed by atoms with Gasteiger partial charge in [-0.3, -0.25) is 4.79 Å². The third kappa shape index (κ3) is 4.09. The summed E-state index contributed by atoms with van der Waals surface area (Å²) in [5.41, 5.74) is 0. The Morgan fingerprint density at radius 1 is 1.43 bits per heavy atom. The molecule has 14 heavy (non-hydrogen) atoms. The van der Waals surface area contributed by atoms with Crippen LogP contribution in [0.2, 0.25) is 0 Å². The van der Waals surface area contributed by atoms with Gasteiger partial charge in [0.15, 0.2) is 0 Å². The van der Waals surface area contributed by atoms with E-state index in [1.807, 2.05) is 19.0 Å². The molecule has 0 aliphatic heterocycles. The van der Waals surface area contributed by atoms with Crippen LogP contribution in [0.15, 0.2) is 0 Å². The second-order valence-electron chi connectivity index (χ2n) is 4.77. The van der Waals surface area contributed by atoms with Gasteiger partial charge in [-0.15, -0.1) is 0 Å².